The number of pyridine rings is 1. The number of hydrogen-bond donors (Lipinski definition) is 2. The van der Waals surface area contributed by atoms with Gasteiger partial charge in [-0.15, -0.1) is 0 Å². The van der Waals surface area contributed by atoms with Crippen LogP contribution in [0.1, 0.15) is 24.1 Å². The minimum absolute atomic E-state index is 0.117. The smallest absolute Gasteiger partial charge is 0.384 e. The summed E-state index contributed by atoms with van der Waals surface area (Å²) in [5, 5.41) is 6.74. The molecule has 0 radical (unpaired) electrons. The second kappa shape index (κ2) is 5.08. The Bertz CT molecular complexity index is 552. The van der Waals surface area contributed by atoms with Gasteiger partial charge in [0.15, 0.2) is 0 Å². The van der Waals surface area contributed by atoms with Gasteiger partial charge in [0, 0.05) is 0 Å². The molecule has 0 amide bonds. The summed E-state index contributed by atoms with van der Waals surface area (Å²) in [5.41, 5.74) is 5.58. The molecule has 0 aromatic carbocycles. The largest absolute Gasteiger partial charge is 0.416 e. The van der Waals surface area contributed by atoms with Crippen molar-refractivity contribution in [1.29, 1.82) is 0 Å². The van der Waals surface area contributed by atoms with E-state index in [4.69, 9.17) is 5.73 Å². The van der Waals surface area contributed by atoms with Gasteiger partial charge in [0.1, 0.15) is 11.6 Å². The Morgan fingerprint density at radius 3 is 2.68 bits per heavy atom. The van der Waals surface area contributed by atoms with Crippen LogP contribution in [-0.4, -0.2) is 4.98 Å². The molecule has 2 rings (SSSR count). The van der Waals surface area contributed by atoms with Crippen LogP contribution in [-0.2, 0) is 6.18 Å². The molecule has 0 aliphatic heterocycles. The van der Waals surface area contributed by atoms with E-state index >= 15 is 0 Å². The fourth-order valence-electron chi connectivity index (χ4n) is 1.62. The van der Waals surface area contributed by atoms with Gasteiger partial charge in [-0.1, -0.05) is 0 Å². The molecule has 7 heteroatoms. The summed E-state index contributed by atoms with van der Waals surface area (Å²) in [5.74, 6) is -0.0409. The molecule has 0 spiro atoms. The Balaban J connectivity index is 2.23. The van der Waals surface area contributed by atoms with Crippen molar-refractivity contribution < 1.29 is 13.2 Å². The first-order valence-corrected chi connectivity index (χ1v) is 6.44. The zero-order valence-electron chi connectivity index (χ0n) is 10.0. The van der Waals surface area contributed by atoms with Crippen molar-refractivity contribution in [2.75, 3.05) is 11.1 Å². The summed E-state index contributed by atoms with van der Waals surface area (Å²) in [6.45, 7) is 1.85. The highest BCUT2D eigenvalue weighted by molar-refractivity contribution is 7.07. The minimum atomic E-state index is -4.43. The molecule has 0 fully saturated rings. The normalized spacial score (nSPS) is 13.3. The lowest BCUT2D eigenvalue weighted by atomic mass is 10.2. The van der Waals surface area contributed by atoms with Gasteiger partial charge in [-0.25, -0.2) is 4.98 Å². The first-order valence-electron chi connectivity index (χ1n) is 5.49. The summed E-state index contributed by atoms with van der Waals surface area (Å²) >= 11 is 1.52. The average molecular weight is 287 g/mol. The van der Waals surface area contributed by atoms with Crippen molar-refractivity contribution in [2.24, 2.45) is 0 Å². The maximum Gasteiger partial charge on any atom is 0.416 e. The number of alkyl halides is 3. The van der Waals surface area contributed by atoms with Crippen molar-refractivity contribution in [1.82, 2.24) is 4.98 Å². The molecule has 0 aliphatic carbocycles. The molecule has 3 N–H and O–H groups in total. The predicted molar refractivity (Wildman–Crippen MR) is 70.0 cm³/mol. The SMILES string of the molecule is CC(Nc1cc(C(F)(F)F)cc(N)n1)c1ccsc1. The van der Waals surface area contributed by atoms with Crippen molar-refractivity contribution >= 4 is 23.0 Å². The van der Waals surface area contributed by atoms with Crippen molar-refractivity contribution in [3.8, 4) is 0 Å². The van der Waals surface area contributed by atoms with Crippen LogP contribution in [0.4, 0.5) is 24.8 Å². The van der Waals surface area contributed by atoms with Gasteiger partial charge in [-0.05, 0) is 41.4 Å². The number of halogens is 3. The van der Waals surface area contributed by atoms with Crippen LogP contribution in [0.5, 0.6) is 0 Å². The van der Waals surface area contributed by atoms with E-state index in [2.05, 4.69) is 10.3 Å². The third kappa shape index (κ3) is 3.37. The monoisotopic (exact) mass is 287 g/mol. The zero-order valence-corrected chi connectivity index (χ0v) is 10.8. The lowest BCUT2D eigenvalue weighted by Gasteiger charge is -2.15. The van der Waals surface area contributed by atoms with E-state index < -0.39 is 11.7 Å². The average Bonchev–Trinajstić information content (AvgIpc) is 2.80. The number of thiophene rings is 1. The van der Waals surface area contributed by atoms with E-state index in [0.29, 0.717) is 0 Å². The maximum absolute atomic E-state index is 12.6. The standard InChI is InChI=1S/C12H12F3N3S/c1-7(8-2-3-19-6-8)17-11-5-9(12(13,14)15)4-10(16)18-11/h2-7H,1H3,(H3,16,17,18). The molecule has 19 heavy (non-hydrogen) atoms. The van der Waals surface area contributed by atoms with Gasteiger partial charge in [0.2, 0.25) is 0 Å². The fraction of sp³-hybridized carbons (Fsp3) is 0.250. The topological polar surface area (TPSA) is 50.9 Å². The van der Waals surface area contributed by atoms with Crippen LogP contribution in [0.2, 0.25) is 0 Å². The van der Waals surface area contributed by atoms with E-state index in [1.54, 1.807) is 0 Å². The van der Waals surface area contributed by atoms with Crippen LogP contribution in [0.25, 0.3) is 0 Å². The van der Waals surface area contributed by atoms with Gasteiger partial charge >= 0.3 is 6.18 Å². The van der Waals surface area contributed by atoms with E-state index in [1.165, 1.54) is 11.3 Å². The van der Waals surface area contributed by atoms with Gasteiger partial charge < -0.3 is 11.1 Å². The molecule has 102 valence electrons. The molecule has 0 bridgehead atoms. The maximum atomic E-state index is 12.6. The van der Waals surface area contributed by atoms with E-state index in [-0.39, 0.29) is 17.7 Å². The lowest BCUT2D eigenvalue weighted by Crippen LogP contribution is -2.11. The Kier molecular flexibility index (Phi) is 3.66. The predicted octanol–water partition coefficient (Wildman–Crippen LogP) is 3.92. The van der Waals surface area contributed by atoms with Crippen LogP contribution >= 0.6 is 11.3 Å². The highest BCUT2D eigenvalue weighted by Crippen LogP contribution is 2.32. The number of anilines is 2. The molecule has 0 saturated heterocycles. The number of hydrogen-bond acceptors (Lipinski definition) is 4. The van der Waals surface area contributed by atoms with Crippen LogP contribution in [0.15, 0.2) is 29.0 Å². The number of aromatic nitrogens is 1. The molecule has 1 atom stereocenters. The molecular weight excluding hydrogens is 275 g/mol. The first kappa shape index (κ1) is 13.7. The summed E-state index contributed by atoms with van der Waals surface area (Å²) < 4.78 is 37.9. The third-order valence-corrected chi connectivity index (χ3v) is 3.28. The highest BCUT2D eigenvalue weighted by atomic mass is 32.1. The summed E-state index contributed by atoms with van der Waals surface area (Å²) in [7, 11) is 0. The first-order chi connectivity index (χ1) is 8.86. The molecule has 2 aromatic heterocycles. The Morgan fingerprint density at radius 1 is 1.37 bits per heavy atom. The molecule has 3 nitrogen and oxygen atoms in total. The fourth-order valence-corrected chi connectivity index (χ4v) is 2.37. The quantitative estimate of drug-likeness (QED) is 0.899. The van der Waals surface area contributed by atoms with Gasteiger partial charge in [-0.3, -0.25) is 0 Å². The number of nitrogens with two attached hydrogens (primary N) is 1. The van der Waals surface area contributed by atoms with Gasteiger partial charge in [-0.2, -0.15) is 24.5 Å². The van der Waals surface area contributed by atoms with E-state index in [9.17, 15) is 13.2 Å². The summed E-state index contributed by atoms with van der Waals surface area (Å²) in [6.07, 6.45) is -4.43. The Hall–Kier alpha value is -1.76. The van der Waals surface area contributed by atoms with Crippen molar-refractivity contribution in [3.05, 3.63) is 40.1 Å². The van der Waals surface area contributed by atoms with E-state index in [1.807, 2.05) is 23.8 Å². The number of nitrogens with one attached hydrogen (secondary N) is 1. The van der Waals surface area contributed by atoms with E-state index in [0.717, 1.165) is 17.7 Å². The Morgan fingerprint density at radius 2 is 2.11 bits per heavy atom. The molecule has 0 saturated carbocycles. The number of nitrogen functional groups attached to an aromatic ring is 1. The molecule has 0 aliphatic rings. The van der Waals surface area contributed by atoms with Crippen LogP contribution < -0.4 is 11.1 Å². The zero-order chi connectivity index (χ0) is 14.0. The highest BCUT2D eigenvalue weighted by Gasteiger charge is 2.31. The van der Waals surface area contributed by atoms with Crippen molar-refractivity contribution in [3.63, 3.8) is 0 Å². The molecule has 2 aromatic rings. The van der Waals surface area contributed by atoms with Crippen LogP contribution in [0, 0.1) is 0 Å². The van der Waals surface area contributed by atoms with Gasteiger partial charge in [0.25, 0.3) is 0 Å². The number of rotatable bonds is 3. The van der Waals surface area contributed by atoms with Crippen LogP contribution in [0.3, 0.4) is 0 Å². The van der Waals surface area contributed by atoms with Crippen molar-refractivity contribution in [2.45, 2.75) is 19.1 Å². The molecular formula is C12H12F3N3S. The Labute approximate surface area is 112 Å². The third-order valence-electron chi connectivity index (χ3n) is 2.58. The summed E-state index contributed by atoms with van der Waals surface area (Å²) in [6, 6.07) is 3.54. The molecule has 1 unspecified atom stereocenters. The van der Waals surface area contributed by atoms with Gasteiger partial charge in [0.05, 0.1) is 11.6 Å². The number of nitrogens with zero attached hydrogens (tertiary/aromatic N) is 1. The lowest BCUT2D eigenvalue weighted by molar-refractivity contribution is -0.137. The second-order valence-corrected chi connectivity index (χ2v) is 4.87. The molecule has 2 heterocycles. The summed E-state index contributed by atoms with van der Waals surface area (Å²) in [4.78, 5) is 3.87. The second-order valence-electron chi connectivity index (χ2n) is 4.09. The minimum Gasteiger partial charge on any atom is -0.384 e.